The van der Waals surface area contributed by atoms with Crippen LogP contribution in [-0.4, -0.2) is 5.71 Å². The summed E-state index contributed by atoms with van der Waals surface area (Å²) in [5.74, 6) is 0. The summed E-state index contributed by atoms with van der Waals surface area (Å²) in [5.41, 5.74) is 15.9. The Labute approximate surface area is 337 Å². The van der Waals surface area contributed by atoms with Crippen LogP contribution >= 0.6 is 0 Å². The number of fused-ring (bicyclic) bond motifs is 6. The quantitative estimate of drug-likeness (QED) is 0.167. The first-order valence-corrected chi connectivity index (χ1v) is 20.0. The summed E-state index contributed by atoms with van der Waals surface area (Å²) >= 11 is 0. The van der Waals surface area contributed by atoms with E-state index in [4.69, 9.17) is 19.9 Å². The van der Waals surface area contributed by atoms with Crippen molar-refractivity contribution in [2.24, 2.45) is 15.4 Å². The molecule has 58 heavy (non-hydrogen) atoms. The van der Waals surface area contributed by atoms with Gasteiger partial charge < -0.3 is 4.42 Å². The maximum absolute atomic E-state index is 6.49. The second kappa shape index (κ2) is 13.2. The third-order valence-electron chi connectivity index (χ3n) is 12.8. The monoisotopic (exact) mass is 745 g/mol. The minimum absolute atomic E-state index is 0.830. The number of para-hydroxylation sites is 1. The zero-order chi connectivity index (χ0) is 38.8. The van der Waals surface area contributed by atoms with Gasteiger partial charge in [-0.2, -0.15) is 5.11 Å². The van der Waals surface area contributed by atoms with Crippen LogP contribution in [0.25, 0.3) is 66.4 Å². The molecule has 0 amide bonds. The van der Waals surface area contributed by atoms with Crippen LogP contribution in [-0.2, 0) is 17.4 Å². The standard InChI is InChI=1S/C54H39N3O/c1-53(46-30-13-11-24-39(46)35-18-5-3-6-19-35)52(55-57-56-54(53,2)47-31-16-27-41-38-23-10-9-22-37(38)34-45(41)47)51-40(36-20-7-4-8-21-36)26-15-28-43(51)42-29-17-33-49-50(42)44-25-12-14-32-48(44)58-49/h3-33H,34H2,1-2H3. The summed E-state index contributed by atoms with van der Waals surface area (Å²) in [5, 5.41) is 17.6. The number of furan rings is 1. The molecule has 276 valence electrons. The molecule has 2 aliphatic rings. The van der Waals surface area contributed by atoms with E-state index in [1.807, 2.05) is 12.1 Å². The van der Waals surface area contributed by atoms with Crippen molar-refractivity contribution in [3.8, 4) is 44.5 Å². The van der Waals surface area contributed by atoms with Crippen LogP contribution in [0.15, 0.2) is 208 Å². The van der Waals surface area contributed by atoms with Crippen molar-refractivity contribution < 1.29 is 4.42 Å². The second-order valence-electron chi connectivity index (χ2n) is 15.8. The molecule has 0 fully saturated rings. The van der Waals surface area contributed by atoms with Gasteiger partial charge in [0.05, 0.1) is 11.1 Å². The van der Waals surface area contributed by atoms with Gasteiger partial charge in [-0.25, -0.2) is 0 Å². The number of nitrogens with zero attached hydrogens (tertiary/aromatic N) is 3. The zero-order valence-electron chi connectivity index (χ0n) is 32.4. The normalized spacial score (nSPS) is 18.3. The molecule has 1 aliphatic heterocycles. The van der Waals surface area contributed by atoms with Gasteiger partial charge in [0.15, 0.2) is 0 Å². The van der Waals surface area contributed by atoms with Crippen molar-refractivity contribution in [3.63, 3.8) is 0 Å². The predicted octanol–water partition coefficient (Wildman–Crippen LogP) is 14.2. The van der Waals surface area contributed by atoms with E-state index in [1.165, 1.54) is 22.3 Å². The lowest BCUT2D eigenvalue weighted by molar-refractivity contribution is 0.317. The highest BCUT2D eigenvalue weighted by molar-refractivity contribution is 6.21. The van der Waals surface area contributed by atoms with Gasteiger partial charge in [0.25, 0.3) is 0 Å². The van der Waals surface area contributed by atoms with Crippen LogP contribution in [0.5, 0.6) is 0 Å². The molecule has 0 N–H and O–H groups in total. The highest BCUT2D eigenvalue weighted by Gasteiger charge is 2.56. The molecular weight excluding hydrogens is 707 g/mol. The van der Waals surface area contributed by atoms with E-state index >= 15 is 0 Å². The van der Waals surface area contributed by atoms with E-state index < -0.39 is 11.0 Å². The van der Waals surface area contributed by atoms with Crippen LogP contribution in [0.4, 0.5) is 0 Å². The third kappa shape index (κ3) is 4.98. The van der Waals surface area contributed by atoms with Crippen LogP contribution in [0, 0.1) is 0 Å². The fourth-order valence-corrected chi connectivity index (χ4v) is 9.89. The third-order valence-corrected chi connectivity index (χ3v) is 12.8. The van der Waals surface area contributed by atoms with Gasteiger partial charge in [0.1, 0.15) is 16.7 Å². The second-order valence-corrected chi connectivity index (χ2v) is 15.8. The summed E-state index contributed by atoms with van der Waals surface area (Å²) in [6.07, 6.45) is 0.830. The number of hydrogen-bond acceptors (Lipinski definition) is 4. The van der Waals surface area contributed by atoms with Crippen LogP contribution in [0.2, 0.25) is 0 Å². The van der Waals surface area contributed by atoms with Crippen molar-refractivity contribution in [2.75, 3.05) is 0 Å². The summed E-state index contributed by atoms with van der Waals surface area (Å²) in [7, 11) is 0. The Balaban J connectivity index is 1.25. The molecule has 0 bridgehead atoms. The first kappa shape index (κ1) is 34.1. The Morgan fingerprint density at radius 1 is 0.466 bits per heavy atom. The van der Waals surface area contributed by atoms with Crippen molar-refractivity contribution >= 4 is 27.7 Å². The minimum atomic E-state index is -0.891. The lowest BCUT2D eigenvalue weighted by atomic mass is 9.57. The van der Waals surface area contributed by atoms with Gasteiger partial charge in [-0.3, -0.25) is 0 Å². The van der Waals surface area contributed by atoms with Crippen LogP contribution in [0.1, 0.15) is 41.7 Å². The first-order valence-electron chi connectivity index (χ1n) is 20.0. The summed E-state index contributed by atoms with van der Waals surface area (Å²) in [4.78, 5) is 0. The van der Waals surface area contributed by atoms with Crippen molar-refractivity contribution in [1.29, 1.82) is 0 Å². The first-order chi connectivity index (χ1) is 28.5. The Hall–Kier alpha value is -7.17. The molecule has 0 saturated carbocycles. The van der Waals surface area contributed by atoms with E-state index in [0.29, 0.717) is 0 Å². The molecule has 9 aromatic rings. The van der Waals surface area contributed by atoms with Gasteiger partial charge in [0, 0.05) is 16.3 Å². The van der Waals surface area contributed by atoms with Crippen molar-refractivity contribution in [1.82, 2.24) is 0 Å². The molecule has 0 saturated heterocycles. The molecule has 0 radical (unpaired) electrons. The topological polar surface area (TPSA) is 50.2 Å². The average molecular weight is 746 g/mol. The average Bonchev–Trinajstić information content (AvgIpc) is 3.87. The summed E-state index contributed by atoms with van der Waals surface area (Å²) < 4.78 is 6.49. The highest BCUT2D eigenvalue weighted by Crippen LogP contribution is 2.56. The maximum atomic E-state index is 6.49. The number of hydrogen-bond donors (Lipinski definition) is 0. The molecule has 8 aromatic carbocycles. The fraction of sp³-hybridized carbons (Fsp3) is 0.0926. The molecule has 2 heterocycles. The fourth-order valence-electron chi connectivity index (χ4n) is 9.89. The molecule has 11 rings (SSSR count). The SMILES string of the molecule is CC1(c2cccc3c2Cc2ccccc2-3)N=NN=C(c2c(-c3ccccc3)cccc2-c2cccc3oc4ccccc4c23)C1(C)c1ccccc1-c1ccccc1. The number of rotatable bonds is 6. The van der Waals surface area contributed by atoms with Gasteiger partial charge in [-0.1, -0.05) is 176 Å². The Kier molecular flexibility index (Phi) is 7.77. The predicted molar refractivity (Wildman–Crippen MR) is 237 cm³/mol. The van der Waals surface area contributed by atoms with E-state index in [9.17, 15) is 0 Å². The Morgan fingerprint density at radius 3 is 1.86 bits per heavy atom. The zero-order valence-corrected chi connectivity index (χ0v) is 32.4. The molecule has 4 heteroatoms. The van der Waals surface area contributed by atoms with Gasteiger partial charge in [0.2, 0.25) is 0 Å². The lowest BCUT2D eigenvalue weighted by Gasteiger charge is -2.47. The largest absolute Gasteiger partial charge is 0.456 e. The van der Waals surface area contributed by atoms with E-state index in [1.54, 1.807) is 0 Å². The Morgan fingerprint density at radius 2 is 1.03 bits per heavy atom. The van der Waals surface area contributed by atoms with Crippen molar-refractivity contribution in [2.45, 2.75) is 31.2 Å². The highest BCUT2D eigenvalue weighted by atomic mass is 16.3. The maximum Gasteiger partial charge on any atom is 0.136 e. The molecule has 1 aliphatic carbocycles. The molecule has 2 atom stereocenters. The Bertz CT molecular complexity index is 3120. The lowest BCUT2D eigenvalue weighted by Crippen LogP contribution is -2.52. The molecule has 2 unspecified atom stereocenters. The van der Waals surface area contributed by atoms with Gasteiger partial charge in [-0.05, 0) is 104 Å². The van der Waals surface area contributed by atoms with E-state index in [2.05, 4.69) is 190 Å². The van der Waals surface area contributed by atoms with Crippen molar-refractivity contribution in [3.05, 3.63) is 216 Å². The molecular formula is C54H39N3O. The number of benzene rings is 8. The molecule has 0 spiro atoms. The summed E-state index contributed by atoms with van der Waals surface area (Å²) in [6, 6.07) is 67.1. The smallest absolute Gasteiger partial charge is 0.136 e. The van der Waals surface area contributed by atoms with Crippen LogP contribution < -0.4 is 0 Å². The van der Waals surface area contributed by atoms with Gasteiger partial charge >= 0.3 is 0 Å². The van der Waals surface area contributed by atoms with E-state index in [-0.39, 0.29) is 0 Å². The van der Waals surface area contributed by atoms with E-state index in [0.717, 1.165) is 84.1 Å². The van der Waals surface area contributed by atoms with Gasteiger partial charge in [-0.15, -0.1) is 5.10 Å². The minimum Gasteiger partial charge on any atom is -0.456 e. The molecule has 4 nitrogen and oxygen atoms in total. The van der Waals surface area contributed by atoms with Crippen LogP contribution in [0.3, 0.4) is 0 Å². The summed E-state index contributed by atoms with van der Waals surface area (Å²) in [6.45, 7) is 4.63. The molecule has 1 aromatic heterocycles.